The molecule has 1 heterocycles. The van der Waals surface area contributed by atoms with Gasteiger partial charge in [0.2, 0.25) is 0 Å². The topological polar surface area (TPSA) is 99.4 Å². The second-order valence-corrected chi connectivity index (χ2v) is 7.50. The van der Waals surface area contributed by atoms with Crippen LogP contribution in [0, 0.1) is 0 Å². The zero-order valence-electron chi connectivity index (χ0n) is 16.6. The van der Waals surface area contributed by atoms with E-state index in [0.29, 0.717) is 34.5 Å². The molecule has 2 aromatic rings. The van der Waals surface area contributed by atoms with Crippen LogP contribution in [-0.4, -0.2) is 44.8 Å². The van der Waals surface area contributed by atoms with Gasteiger partial charge in [-0.2, -0.15) is 0 Å². The number of amides is 1. The molecule has 0 spiro atoms. The smallest absolute Gasteiger partial charge is 0.344 e. The molecule has 0 saturated carbocycles. The highest BCUT2D eigenvalue weighted by Gasteiger charge is 2.32. The molecule has 1 unspecified atom stereocenters. The highest BCUT2D eigenvalue weighted by atomic mass is 32.2. The van der Waals surface area contributed by atoms with E-state index >= 15 is 0 Å². The van der Waals surface area contributed by atoms with Crippen LogP contribution in [-0.2, 0) is 9.59 Å². The third kappa shape index (κ3) is 5.01. The summed E-state index contributed by atoms with van der Waals surface area (Å²) in [6, 6.07) is 13.4. The fourth-order valence-electron chi connectivity index (χ4n) is 2.77. The third-order valence-corrected chi connectivity index (χ3v) is 5.39. The Bertz CT molecular complexity index is 984. The Balaban J connectivity index is 1.79. The number of likely N-dealkylation sites (N-methyl/N-ethyl adjacent to an activating group) is 1. The molecule has 1 saturated heterocycles. The minimum Gasteiger partial charge on any atom is -0.508 e. The number of aromatic hydroxyl groups is 1. The van der Waals surface area contributed by atoms with E-state index in [1.165, 1.54) is 11.8 Å². The Morgan fingerprint density at radius 1 is 1.17 bits per heavy atom. The molecule has 0 radical (unpaired) electrons. The average Bonchev–Trinajstić information content (AvgIpc) is 3.02. The number of rotatable bonds is 7. The monoisotopic (exact) mass is 426 g/mol. The van der Waals surface area contributed by atoms with Crippen molar-refractivity contribution in [1.82, 2.24) is 4.90 Å². The van der Waals surface area contributed by atoms with Crippen molar-refractivity contribution in [1.29, 1.82) is 0 Å². The maximum Gasteiger partial charge on any atom is 0.344 e. The van der Waals surface area contributed by atoms with Crippen molar-refractivity contribution >= 4 is 40.6 Å². The number of carbonyl (C=O) groups is 2. The van der Waals surface area contributed by atoms with Crippen LogP contribution in [0.15, 0.2) is 58.4 Å². The number of thioether (sulfide) groups is 1. The van der Waals surface area contributed by atoms with E-state index in [2.05, 4.69) is 4.99 Å². The highest BCUT2D eigenvalue weighted by Crippen LogP contribution is 2.34. The van der Waals surface area contributed by atoms with Gasteiger partial charge in [0, 0.05) is 6.54 Å². The maximum atomic E-state index is 12.7. The van der Waals surface area contributed by atoms with Gasteiger partial charge in [-0.1, -0.05) is 19.1 Å². The van der Waals surface area contributed by atoms with Crippen LogP contribution < -0.4 is 4.74 Å². The number of nitrogens with zero attached hydrogens (tertiary/aromatic N) is 2. The van der Waals surface area contributed by atoms with Gasteiger partial charge >= 0.3 is 5.97 Å². The Labute approximate surface area is 178 Å². The van der Waals surface area contributed by atoms with Crippen LogP contribution in [0.1, 0.15) is 25.8 Å². The average molecular weight is 426 g/mol. The summed E-state index contributed by atoms with van der Waals surface area (Å²) in [6.45, 7) is 4.12. The molecule has 2 N–H and O–H groups in total. The van der Waals surface area contributed by atoms with Gasteiger partial charge in [0.1, 0.15) is 11.5 Å². The van der Waals surface area contributed by atoms with E-state index in [4.69, 9.17) is 9.84 Å². The number of carbonyl (C=O) groups excluding carboxylic acids is 1. The summed E-state index contributed by atoms with van der Waals surface area (Å²) >= 11 is 1.28. The number of carboxylic acid groups (broad SMARTS) is 1. The molecule has 7 nitrogen and oxygen atoms in total. The second kappa shape index (κ2) is 9.49. The normalized spacial score (nSPS) is 17.5. The Hall–Kier alpha value is -3.26. The number of ether oxygens (including phenoxy) is 1. The lowest BCUT2D eigenvalue weighted by Gasteiger charge is -2.13. The molecule has 0 bridgehead atoms. The summed E-state index contributed by atoms with van der Waals surface area (Å²) in [5.74, 6) is -0.515. The third-order valence-electron chi connectivity index (χ3n) is 4.38. The molecule has 1 aliphatic rings. The number of benzene rings is 2. The SMILES string of the molecule is CCC(Oc1ccc(/C=C2\SC(=Nc3ccc(O)cc3)N(CC)C2=O)cc1)C(=O)O. The maximum absolute atomic E-state index is 12.7. The molecule has 30 heavy (non-hydrogen) atoms. The standard InChI is InChI=1S/C22H22N2O5S/c1-3-18(21(27)28)29-17-11-5-14(6-12-17)13-19-20(26)24(4-2)22(30-19)23-15-7-9-16(25)10-8-15/h5-13,18,25H,3-4H2,1-2H3,(H,27,28)/b19-13-,23-22?. The van der Waals surface area contributed by atoms with Crippen molar-refractivity contribution in [3.8, 4) is 11.5 Å². The highest BCUT2D eigenvalue weighted by molar-refractivity contribution is 8.18. The van der Waals surface area contributed by atoms with Crippen LogP contribution in [0.5, 0.6) is 11.5 Å². The van der Waals surface area contributed by atoms with Crippen molar-refractivity contribution < 1.29 is 24.5 Å². The Morgan fingerprint density at radius 2 is 1.83 bits per heavy atom. The fraction of sp³-hybridized carbons (Fsp3) is 0.227. The van der Waals surface area contributed by atoms with Crippen LogP contribution in [0.2, 0.25) is 0 Å². The van der Waals surface area contributed by atoms with Gasteiger partial charge in [-0.15, -0.1) is 0 Å². The first-order valence-corrected chi connectivity index (χ1v) is 10.3. The molecule has 8 heteroatoms. The van der Waals surface area contributed by atoms with Crippen LogP contribution in [0.25, 0.3) is 6.08 Å². The van der Waals surface area contributed by atoms with E-state index < -0.39 is 12.1 Å². The molecule has 1 aliphatic heterocycles. The summed E-state index contributed by atoms with van der Waals surface area (Å²) < 4.78 is 5.46. The molecule has 2 aromatic carbocycles. The Morgan fingerprint density at radius 3 is 2.40 bits per heavy atom. The van der Waals surface area contributed by atoms with Crippen molar-refractivity contribution in [2.45, 2.75) is 26.4 Å². The predicted molar refractivity (Wildman–Crippen MR) is 117 cm³/mol. The number of amidine groups is 1. The quantitative estimate of drug-likeness (QED) is 0.642. The van der Waals surface area contributed by atoms with Gasteiger partial charge in [-0.25, -0.2) is 9.79 Å². The first-order valence-electron chi connectivity index (χ1n) is 9.50. The Kier molecular flexibility index (Phi) is 6.79. The molecule has 0 aliphatic carbocycles. The van der Waals surface area contributed by atoms with E-state index in [1.54, 1.807) is 66.4 Å². The van der Waals surface area contributed by atoms with E-state index in [1.807, 2.05) is 6.92 Å². The number of phenols is 1. The molecule has 1 fully saturated rings. The predicted octanol–water partition coefficient (Wildman–Crippen LogP) is 4.26. The molecule has 3 rings (SSSR count). The molecular weight excluding hydrogens is 404 g/mol. The van der Waals surface area contributed by atoms with Gasteiger partial charge in [0.25, 0.3) is 5.91 Å². The largest absolute Gasteiger partial charge is 0.508 e. The zero-order valence-corrected chi connectivity index (χ0v) is 17.4. The van der Waals surface area contributed by atoms with E-state index in [0.717, 1.165) is 5.56 Å². The number of aliphatic carboxylic acids is 1. The fourth-order valence-corrected chi connectivity index (χ4v) is 3.84. The minimum atomic E-state index is -1.00. The summed E-state index contributed by atoms with van der Waals surface area (Å²) in [5.41, 5.74) is 1.44. The molecule has 156 valence electrons. The molecule has 1 atom stereocenters. The minimum absolute atomic E-state index is 0.128. The molecular formula is C22H22N2O5S. The molecule has 0 aromatic heterocycles. The summed E-state index contributed by atoms with van der Waals surface area (Å²) in [7, 11) is 0. The van der Waals surface area contributed by atoms with Gasteiger partial charge < -0.3 is 14.9 Å². The van der Waals surface area contributed by atoms with Crippen molar-refractivity contribution in [3.63, 3.8) is 0 Å². The second-order valence-electron chi connectivity index (χ2n) is 6.49. The van der Waals surface area contributed by atoms with Crippen molar-refractivity contribution in [2.75, 3.05) is 6.54 Å². The van der Waals surface area contributed by atoms with Gasteiger partial charge in [0.15, 0.2) is 11.3 Å². The first-order chi connectivity index (χ1) is 14.4. The number of carboxylic acids is 1. The summed E-state index contributed by atoms with van der Waals surface area (Å²) in [6.07, 6.45) is 1.24. The molecule has 1 amide bonds. The summed E-state index contributed by atoms with van der Waals surface area (Å²) in [4.78, 5) is 30.5. The van der Waals surface area contributed by atoms with E-state index in [-0.39, 0.29) is 11.7 Å². The first kappa shape index (κ1) is 21.4. The van der Waals surface area contributed by atoms with Crippen molar-refractivity contribution in [3.05, 3.63) is 59.0 Å². The van der Waals surface area contributed by atoms with Gasteiger partial charge in [-0.05, 0) is 73.1 Å². The number of aliphatic imine (C=N–C) groups is 1. The lowest BCUT2D eigenvalue weighted by molar-refractivity contribution is -0.145. The van der Waals surface area contributed by atoms with Gasteiger partial charge in [0.05, 0.1) is 10.6 Å². The summed E-state index contributed by atoms with van der Waals surface area (Å²) in [5, 5.41) is 19.1. The lowest BCUT2D eigenvalue weighted by Crippen LogP contribution is -2.28. The van der Waals surface area contributed by atoms with Crippen molar-refractivity contribution in [2.24, 2.45) is 4.99 Å². The van der Waals surface area contributed by atoms with Crippen LogP contribution >= 0.6 is 11.8 Å². The van der Waals surface area contributed by atoms with Gasteiger partial charge in [-0.3, -0.25) is 9.69 Å². The number of phenolic OH excluding ortho intramolecular Hbond substituents is 1. The lowest BCUT2D eigenvalue weighted by atomic mass is 10.2. The van der Waals surface area contributed by atoms with Crippen LogP contribution in [0.3, 0.4) is 0 Å². The number of hydrogen-bond acceptors (Lipinski definition) is 6. The van der Waals surface area contributed by atoms with Crippen LogP contribution in [0.4, 0.5) is 5.69 Å². The zero-order chi connectivity index (χ0) is 21.7. The van der Waals surface area contributed by atoms with E-state index in [9.17, 15) is 14.7 Å². The number of hydrogen-bond donors (Lipinski definition) is 2.